The summed E-state index contributed by atoms with van der Waals surface area (Å²) in [5.41, 5.74) is 2.30. The van der Waals surface area contributed by atoms with Crippen molar-refractivity contribution in [3.8, 4) is 23.0 Å². The first-order chi connectivity index (χ1) is 19.4. The van der Waals surface area contributed by atoms with Crippen molar-refractivity contribution in [3.05, 3.63) is 63.5 Å². The van der Waals surface area contributed by atoms with Crippen LogP contribution in [0.5, 0.6) is 23.0 Å². The predicted molar refractivity (Wildman–Crippen MR) is 147 cm³/mol. The SMILES string of the molecule is CCOC(=O)N1CCc2c(sc3c2C(=O)N[C@@H](c2ccccc2OC(=O)c2cc(OC)c(OC)c(OC)c2)N3)C1. The number of para-hydroxylation sites is 1. The Morgan fingerprint density at radius 2 is 1.75 bits per heavy atom. The third-order valence-corrected chi connectivity index (χ3v) is 7.84. The van der Waals surface area contributed by atoms with E-state index >= 15 is 0 Å². The molecule has 0 aliphatic carbocycles. The minimum absolute atomic E-state index is 0.198. The summed E-state index contributed by atoms with van der Waals surface area (Å²) < 4.78 is 27.0. The average Bonchev–Trinajstić information content (AvgIpc) is 3.34. The topological polar surface area (TPSA) is 125 Å². The van der Waals surface area contributed by atoms with Gasteiger partial charge < -0.3 is 39.2 Å². The Morgan fingerprint density at radius 3 is 2.42 bits per heavy atom. The highest BCUT2D eigenvalue weighted by molar-refractivity contribution is 7.16. The molecule has 0 spiro atoms. The van der Waals surface area contributed by atoms with Gasteiger partial charge in [-0.2, -0.15) is 0 Å². The molecule has 0 unspecified atom stereocenters. The molecule has 2 N–H and O–H groups in total. The van der Waals surface area contributed by atoms with Crippen LogP contribution in [-0.4, -0.2) is 57.4 Å². The number of carbonyl (C=O) groups is 3. The van der Waals surface area contributed by atoms with Gasteiger partial charge in [-0.05, 0) is 37.1 Å². The zero-order chi connectivity index (χ0) is 28.4. The monoisotopic (exact) mass is 567 g/mol. The summed E-state index contributed by atoms with van der Waals surface area (Å²) >= 11 is 1.44. The van der Waals surface area contributed by atoms with Crippen molar-refractivity contribution in [2.45, 2.75) is 26.1 Å². The smallest absolute Gasteiger partial charge is 0.410 e. The third-order valence-electron chi connectivity index (χ3n) is 6.69. The fourth-order valence-corrected chi connectivity index (χ4v) is 6.10. The maximum Gasteiger partial charge on any atom is 0.410 e. The van der Waals surface area contributed by atoms with Gasteiger partial charge in [0.15, 0.2) is 11.5 Å². The molecule has 0 bridgehead atoms. The van der Waals surface area contributed by atoms with Crippen LogP contribution in [0.25, 0.3) is 0 Å². The van der Waals surface area contributed by atoms with Gasteiger partial charge in [-0.3, -0.25) is 4.79 Å². The Hall–Kier alpha value is -4.45. The van der Waals surface area contributed by atoms with Crippen molar-refractivity contribution >= 4 is 34.3 Å². The summed E-state index contributed by atoms with van der Waals surface area (Å²) in [6.07, 6.45) is -0.453. The number of methoxy groups -OCH3 is 3. The number of hydrogen-bond donors (Lipinski definition) is 2. The van der Waals surface area contributed by atoms with E-state index in [2.05, 4.69) is 10.6 Å². The number of anilines is 1. The molecule has 2 aliphatic heterocycles. The van der Waals surface area contributed by atoms with Crippen LogP contribution in [0.3, 0.4) is 0 Å². The number of ether oxygens (including phenoxy) is 5. The van der Waals surface area contributed by atoms with E-state index in [-0.39, 0.29) is 23.3 Å². The number of fused-ring (bicyclic) bond motifs is 3. The normalized spacial score (nSPS) is 15.7. The lowest BCUT2D eigenvalue weighted by molar-refractivity contribution is 0.0731. The van der Waals surface area contributed by atoms with Gasteiger partial charge in [0, 0.05) is 17.0 Å². The lowest BCUT2D eigenvalue weighted by Gasteiger charge is -2.28. The molecular formula is C28H29N3O8S. The number of benzene rings is 2. The van der Waals surface area contributed by atoms with E-state index in [0.717, 1.165) is 10.4 Å². The number of hydrogen-bond acceptors (Lipinski definition) is 10. The first-order valence-corrected chi connectivity index (χ1v) is 13.4. The second-order valence-corrected chi connectivity index (χ2v) is 10.1. The summed E-state index contributed by atoms with van der Waals surface area (Å²) in [5, 5.41) is 7.07. The minimum Gasteiger partial charge on any atom is -0.493 e. The molecule has 3 heterocycles. The van der Waals surface area contributed by atoms with Gasteiger partial charge in [0.25, 0.3) is 5.91 Å². The second-order valence-electron chi connectivity index (χ2n) is 8.97. The molecule has 2 aromatic carbocycles. The Labute approximate surface area is 234 Å². The van der Waals surface area contributed by atoms with Crippen molar-refractivity contribution in [1.82, 2.24) is 10.2 Å². The summed E-state index contributed by atoms with van der Waals surface area (Å²) in [4.78, 5) is 41.3. The van der Waals surface area contributed by atoms with Gasteiger partial charge in [0.2, 0.25) is 5.75 Å². The fraction of sp³-hybridized carbons (Fsp3) is 0.321. The minimum atomic E-state index is -0.648. The number of nitrogens with zero attached hydrogens (tertiary/aromatic N) is 1. The van der Waals surface area contributed by atoms with Crippen LogP contribution in [0.15, 0.2) is 36.4 Å². The van der Waals surface area contributed by atoms with Crippen LogP contribution in [0.1, 0.15) is 49.8 Å². The van der Waals surface area contributed by atoms with E-state index < -0.39 is 12.1 Å². The summed E-state index contributed by atoms with van der Waals surface area (Å²) in [5.74, 6) is 0.401. The number of amides is 2. The molecule has 11 nitrogen and oxygen atoms in total. The van der Waals surface area contributed by atoms with Gasteiger partial charge >= 0.3 is 12.1 Å². The zero-order valence-corrected chi connectivity index (χ0v) is 23.3. The largest absolute Gasteiger partial charge is 0.493 e. The molecule has 3 aromatic rings. The van der Waals surface area contributed by atoms with Crippen molar-refractivity contribution in [3.63, 3.8) is 0 Å². The Morgan fingerprint density at radius 1 is 1.02 bits per heavy atom. The number of esters is 1. The maximum absolute atomic E-state index is 13.3. The van der Waals surface area contributed by atoms with Gasteiger partial charge in [0.05, 0.1) is 45.6 Å². The fourth-order valence-electron chi connectivity index (χ4n) is 4.81. The van der Waals surface area contributed by atoms with Crippen LogP contribution in [0.2, 0.25) is 0 Å². The average molecular weight is 568 g/mol. The second kappa shape index (κ2) is 11.3. The Balaban J connectivity index is 1.39. The van der Waals surface area contributed by atoms with Crippen LogP contribution in [0, 0.1) is 0 Å². The first kappa shape index (κ1) is 27.1. The van der Waals surface area contributed by atoms with E-state index in [4.69, 9.17) is 23.7 Å². The van der Waals surface area contributed by atoms with E-state index in [0.29, 0.717) is 59.5 Å². The maximum atomic E-state index is 13.3. The van der Waals surface area contributed by atoms with Crippen molar-refractivity contribution in [2.24, 2.45) is 0 Å². The van der Waals surface area contributed by atoms with Crippen molar-refractivity contribution in [1.29, 1.82) is 0 Å². The molecule has 2 amide bonds. The Kier molecular flexibility index (Phi) is 7.69. The van der Waals surface area contributed by atoms with E-state index in [1.54, 1.807) is 36.1 Å². The molecule has 0 saturated carbocycles. The molecule has 40 heavy (non-hydrogen) atoms. The molecule has 12 heteroatoms. The van der Waals surface area contributed by atoms with E-state index in [9.17, 15) is 14.4 Å². The van der Waals surface area contributed by atoms with Crippen LogP contribution >= 0.6 is 11.3 Å². The highest BCUT2D eigenvalue weighted by atomic mass is 32.1. The summed E-state index contributed by atoms with van der Waals surface area (Å²) in [6.45, 7) is 2.93. The highest BCUT2D eigenvalue weighted by Gasteiger charge is 2.35. The molecule has 0 saturated heterocycles. The molecule has 2 aliphatic rings. The van der Waals surface area contributed by atoms with E-state index in [1.807, 2.05) is 0 Å². The first-order valence-electron chi connectivity index (χ1n) is 12.6. The molecule has 1 atom stereocenters. The summed E-state index contributed by atoms with van der Waals surface area (Å²) in [7, 11) is 4.40. The molecular weight excluding hydrogens is 538 g/mol. The zero-order valence-electron chi connectivity index (χ0n) is 22.5. The molecule has 0 radical (unpaired) electrons. The van der Waals surface area contributed by atoms with Crippen LogP contribution < -0.4 is 29.6 Å². The van der Waals surface area contributed by atoms with Gasteiger partial charge in [-0.25, -0.2) is 9.59 Å². The highest BCUT2D eigenvalue weighted by Crippen LogP contribution is 2.42. The van der Waals surface area contributed by atoms with Crippen LogP contribution in [-0.2, 0) is 17.7 Å². The quantitative estimate of drug-likeness (QED) is 0.316. The van der Waals surface area contributed by atoms with Crippen molar-refractivity contribution < 1.29 is 38.1 Å². The van der Waals surface area contributed by atoms with E-state index in [1.165, 1.54) is 44.8 Å². The van der Waals surface area contributed by atoms with Gasteiger partial charge in [-0.15, -0.1) is 11.3 Å². The third kappa shape index (κ3) is 4.97. The van der Waals surface area contributed by atoms with Crippen LogP contribution in [0.4, 0.5) is 9.80 Å². The molecule has 210 valence electrons. The number of carbonyl (C=O) groups excluding carboxylic acids is 3. The number of rotatable bonds is 7. The predicted octanol–water partition coefficient (Wildman–Crippen LogP) is 4.36. The lowest BCUT2D eigenvalue weighted by atomic mass is 10.0. The lowest BCUT2D eigenvalue weighted by Crippen LogP contribution is -2.39. The Bertz CT molecular complexity index is 1440. The summed E-state index contributed by atoms with van der Waals surface area (Å²) in [6, 6.07) is 9.99. The number of nitrogens with one attached hydrogen (secondary N) is 2. The molecule has 0 fully saturated rings. The van der Waals surface area contributed by atoms with Gasteiger partial charge in [0.1, 0.15) is 16.9 Å². The van der Waals surface area contributed by atoms with Gasteiger partial charge in [-0.1, -0.05) is 18.2 Å². The molecule has 5 rings (SSSR count). The molecule has 1 aromatic heterocycles. The standard InChI is InChI=1S/C28H29N3O8S/c1-5-38-28(34)31-11-10-17-21(14-31)40-26-22(17)25(32)29-24(30-26)16-8-6-7-9-18(16)39-27(33)15-12-19(35-2)23(37-4)20(13-15)36-3/h6-9,12-13,24,30H,5,10-11,14H2,1-4H3,(H,29,32)/t24-/m1/s1. The number of thiophene rings is 1. The van der Waals surface area contributed by atoms with Crippen molar-refractivity contribution in [2.75, 3.05) is 39.8 Å².